The fourth-order valence-electron chi connectivity index (χ4n) is 2.56. The molecule has 0 N–H and O–H groups in total. The maximum absolute atomic E-state index is 2.40. The van der Waals surface area contributed by atoms with Gasteiger partial charge in [0.1, 0.15) is 0 Å². The average molecular weight is 188 g/mol. The van der Waals surface area contributed by atoms with E-state index < -0.39 is 0 Å². The Morgan fingerprint density at radius 2 is 1.43 bits per heavy atom. The fraction of sp³-hybridized carbons (Fsp3) is 0.571. The second kappa shape index (κ2) is 3.76. The van der Waals surface area contributed by atoms with Crippen LogP contribution in [-0.4, -0.2) is 0 Å². The van der Waals surface area contributed by atoms with Crippen molar-refractivity contribution in [3.8, 4) is 0 Å². The lowest BCUT2D eigenvalue weighted by molar-refractivity contribution is 0.721. The van der Waals surface area contributed by atoms with E-state index in [0.29, 0.717) is 0 Å². The first-order valence-electron chi connectivity index (χ1n) is 5.76. The standard InChI is InChI=1S/C14H20/c1-10-8-14(9-11(2)12(10)3)13-6-4-5-7-13/h8-9,13H,4-7H2,1-3H3. The lowest BCUT2D eigenvalue weighted by Gasteiger charge is -2.14. The van der Waals surface area contributed by atoms with Gasteiger partial charge in [0.05, 0.1) is 0 Å². The predicted octanol–water partition coefficient (Wildman–Crippen LogP) is 4.27. The van der Waals surface area contributed by atoms with Crippen molar-refractivity contribution in [2.45, 2.75) is 52.4 Å². The summed E-state index contributed by atoms with van der Waals surface area (Å²) in [6, 6.07) is 4.80. The third kappa shape index (κ3) is 1.70. The van der Waals surface area contributed by atoms with Crippen LogP contribution in [0.3, 0.4) is 0 Å². The van der Waals surface area contributed by atoms with E-state index in [4.69, 9.17) is 0 Å². The molecule has 0 heterocycles. The second-order valence-corrected chi connectivity index (χ2v) is 4.76. The van der Waals surface area contributed by atoms with E-state index >= 15 is 0 Å². The molecule has 1 aromatic rings. The van der Waals surface area contributed by atoms with Crippen molar-refractivity contribution in [1.29, 1.82) is 0 Å². The van der Waals surface area contributed by atoms with Gasteiger partial charge in [0.2, 0.25) is 0 Å². The Morgan fingerprint density at radius 1 is 0.929 bits per heavy atom. The Labute approximate surface area is 87.3 Å². The minimum atomic E-state index is 0.855. The third-order valence-electron chi connectivity index (χ3n) is 3.78. The molecule has 1 fully saturated rings. The Balaban J connectivity index is 2.34. The Kier molecular flexibility index (Phi) is 2.62. The first-order chi connectivity index (χ1) is 6.68. The van der Waals surface area contributed by atoms with Crippen LogP contribution in [0.4, 0.5) is 0 Å². The normalized spacial score (nSPS) is 17.6. The maximum atomic E-state index is 2.40. The first kappa shape index (κ1) is 9.76. The van der Waals surface area contributed by atoms with Gasteiger partial charge in [0.15, 0.2) is 0 Å². The fourth-order valence-corrected chi connectivity index (χ4v) is 2.56. The van der Waals surface area contributed by atoms with Crippen LogP contribution in [0.15, 0.2) is 12.1 Å². The van der Waals surface area contributed by atoms with Crippen molar-refractivity contribution < 1.29 is 0 Å². The lowest BCUT2D eigenvalue weighted by Crippen LogP contribution is -1.96. The summed E-state index contributed by atoms with van der Waals surface area (Å²) in [6.07, 6.45) is 5.66. The van der Waals surface area contributed by atoms with Gasteiger partial charge in [-0.2, -0.15) is 0 Å². The van der Waals surface area contributed by atoms with E-state index in [1.165, 1.54) is 42.4 Å². The highest BCUT2D eigenvalue weighted by molar-refractivity contribution is 5.38. The monoisotopic (exact) mass is 188 g/mol. The zero-order valence-corrected chi connectivity index (χ0v) is 9.56. The van der Waals surface area contributed by atoms with Crippen LogP contribution in [0.5, 0.6) is 0 Å². The van der Waals surface area contributed by atoms with Crippen LogP contribution in [0, 0.1) is 20.8 Å². The summed E-state index contributed by atoms with van der Waals surface area (Å²) in [5, 5.41) is 0. The van der Waals surface area contributed by atoms with E-state index in [2.05, 4.69) is 32.9 Å². The molecule has 1 aliphatic carbocycles. The number of benzene rings is 1. The van der Waals surface area contributed by atoms with Gasteiger partial charge in [0.25, 0.3) is 0 Å². The van der Waals surface area contributed by atoms with Crippen molar-refractivity contribution in [2.75, 3.05) is 0 Å². The summed E-state index contributed by atoms with van der Waals surface area (Å²) in [6.45, 7) is 6.70. The van der Waals surface area contributed by atoms with E-state index in [1.54, 1.807) is 5.56 Å². The number of hydrogen-bond acceptors (Lipinski definition) is 0. The smallest absolute Gasteiger partial charge is 0.0162 e. The van der Waals surface area contributed by atoms with E-state index in [0.717, 1.165) is 5.92 Å². The Hall–Kier alpha value is -0.780. The molecule has 2 rings (SSSR count). The molecule has 0 heteroatoms. The summed E-state index contributed by atoms with van der Waals surface area (Å²) in [5.41, 5.74) is 5.98. The minimum Gasteiger partial charge on any atom is -0.0555 e. The molecule has 0 spiro atoms. The van der Waals surface area contributed by atoms with Gasteiger partial charge in [-0.05, 0) is 61.8 Å². The molecule has 0 atom stereocenters. The molecular weight excluding hydrogens is 168 g/mol. The number of aryl methyl sites for hydroxylation is 2. The van der Waals surface area contributed by atoms with Gasteiger partial charge < -0.3 is 0 Å². The summed E-state index contributed by atoms with van der Waals surface area (Å²) >= 11 is 0. The molecule has 0 unspecified atom stereocenters. The van der Waals surface area contributed by atoms with E-state index in [1.807, 2.05) is 0 Å². The molecule has 0 amide bonds. The summed E-state index contributed by atoms with van der Waals surface area (Å²) in [5.74, 6) is 0.855. The van der Waals surface area contributed by atoms with Gasteiger partial charge in [-0.25, -0.2) is 0 Å². The molecule has 14 heavy (non-hydrogen) atoms. The van der Waals surface area contributed by atoms with Gasteiger partial charge in [-0.15, -0.1) is 0 Å². The molecule has 0 nitrogen and oxygen atoms in total. The largest absolute Gasteiger partial charge is 0.0555 e. The molecule has 76 valence electrons. The van der Waals surface area contributed by atoms with Crippen LogP contribution in [0.2, 0.25) is 0 Å². The predicted molar refractivity (Wildman–Crippen MR) is 61.9 cm³/mol. The first-order valence-corrected chi connectivity index (χ1v) is 5.76. The van der Waals surface area contributed by atoms with E-state index in [-0.39, 0.29) is 0 Å². The van der Waals surface area contributed by atoms with Crippen molar-refractivity contribution in [3.05, 3.63) is 34.4 Å². The average Bonchev–Trinajstić information content (AvgIpc) is 2.66. The highest BCUT2D eigenvalue weighted by Gasteiger charge is 2.17. The van der Waals surface area contributed by atoms with Crippen LogP contribution < -0.4 is 0 Å². The summed E-state index contributed by atoms with van der Waals surface area (Å²) < 4.78 is 0. The van der Waals surface area contributed by atoms with Crippen LogP contribution in [0.25, 0.3) is 0 Å². The maximum Gasteiger partial charge on any atom is -0.0162 e. The SMILES string of the molecule is Cc1cc(C2CCCC2)cc(C)c1C. The van der Waals surface area contributed by atoms with Crippen molar-refractivity contribution in [1.82, 2.24) is 0 Å². The molecule has 0 radical (unpaired) electrons. The minimum absolute atomic E-state index is 0.855. The lowest BCUT2D eigenvalue weighted by atomic mass is 9.92. The molecule has 0 aliphatic heterocycles. The molecular formula is C14H20. The van der Waals surface area contributed by atoms with Gasteiger partial charge >= 0.3 is 0 Å². The Bertz CT molecular complexity index is 307. The molecule has 0 aromatic heterocycles. The van der Waals surface area contributed by atoms with Crippen LogP contribution in [0.1, 0.15) is 53.9 Å². The molecule has 0 saturated heterocycles. The molecule has 0 bridgehead atoms. The zero-order chi connectivity index (χ0) is 10.1. The van der Waals surface area contributed by atoms with Gasteiger partial charge in [-0.3, -0.25) is 0 Å². The van der Waals surface area contributed by atoms with Crippen LogP contribution in [-0.2, 0) is 0 Å². The third-order valence-corrected chi connectivity index (χ3v) is 3.78. The molecule has 1 aromatic carbocycles. The number of hydrogen-bond donors (Lipinski definition) is 0. The highest BCUT2D eigenvalue weighted by Crippen LogP contribution is 2.35. The second-order valence-electron chi connectivity index (χ2n) is 4.76. The van der Waals surface area contributed by atoms with Crippen LogP contribution >= 0.6 is 0 Å². The molecule has 1 aliphatic rings. The van der Waals surface area contributed by atoms with Crippen molar-refractivity contribution >= 4 is 0 Å². The zero-order valence-electron chi connectivity index (χ0n) is 9.56. The highest BCUT2D eigenvalue weighted by atomic mass is 14.2. The summed E-state index contributed by atoms with van der Waals surface area (Å²) in [4.78, 5) is 0. The van der Waals surface area contributed by atoms with Gasteiger partial charge in [0, 0.05) is 0 Å². The quantitative estimate of drug-likeness (QED) is 0.617. The summed E-state index contributed by atoms with van der Waals surface area (Å²) in [7, 11) is 0. The van der Waals surface area contributed by atoms with Crippen molar-refractivity contribution in [3.63, 3.8) is 0 Å². The Morgan fingerprint density at radius 3 is 1.93 bits per heavy atom. The van der Waals surface area contributed by atoms with E-state index in [9.17, 15) is 0 Å². The van der Waals surface area contributed by atoms with Crippen molar-refractivity contribution in [2.24, 2.45) is 0 Å². The topological polar surface area (TPSA) is 0 Å². The number of rotatable bonds is 1. The van der Waals surface area contributed by atoms with Gasteiger partial charge in [-0.1, -0.05) is 25.0 Å². The molecule has 1 saturated carbocycles.